The smallest absolute Gasteiger partial charge is 0.0424 e. The van der Waals surface area contributed by atoms with Crippen LogP contribution in [0.3, 0.4) is 0 Å². The minimum absolute atomic E-state index is 0.661. The highest BCUT2D eigenvalue weighted by Gasteiger charge is 2.23. The van der Waals surface area contributed by atoms with Crippen LogP contribution in [0.4, 0.5) is 0 Å². The van der Waals surface area contributed by atoms with E-state index in [1.807, 2.05) is 0 Å². The molecule has 0 spiro atoms. The molecule has 0 aliphatic carbocycles. The summed E-state index contributed by atoms with van der Waals surface area (Å²) < 4.78 is 0. The summed E-state index contributed by atoms with van der Waals surface area (Å²) in [6.45, 7) is 2.23. The lowest BCUT2D eigenvalue weighted by Gasteiger charge is -2.21. The fourth-order valence-corrected chi connectivity index (χ4v) is 2.08. The van der Waals surface area contributed by atoms with Gasteiger partial charge in [0.05, 0.1) is 0 Å². The Labute approximate surface area is 74.0 Å². The van der Waals surface area contributed by atoms with E-state index in [9.17, 15) is 0 Å². The maximum atomic E-state index is 4.32. The predicted octanol–water partition coefficient (Wildman–Crippen LogP) is 1.48. The molecule has 0 saturated carbocycles. The molecule has 2 aliphatic heterocycles. The van der Waals surface area contributed by atoms with E-state index < -0.39 is 0 Å². The highest BCUT2D eigenvalue weighted by atomic mass is 15.1. The molecule has 2 nitrogen and oxygen atoms in total. The molecular weight excluding hydrogens is 148 g/mol. The van der Waals surface area contributed by atoms with Crippen LogP contribution in [0.1, 0.15) is 19.3 Å². The Morgan fingerprint density at radius 3 is 3.08 bits per heavy atom. The van der Waals surface area contributed by atoms with Crippen molar-refractivity contribution >= 4 is 6.21 Å². The first-order valence-corrected chi connectivity index (χ1v) is 4.78. The van der Waals surface area contributed by atoms with E-state index in [1.165, 1.54) is 25.0 Å². The predicted molar refractivity (Wildman–Crippen MR) is 51.7 cm³/mol. The van der Waals surface area contributed by atoms with E-state index in [-0.39, 0.29) is 0 Å². The quantitative estimate of drug-likeness (QED) is 0.573. The largest absolute Gasteiger partial charge is 0.299 e. The number of rotatable bonds is 1. The third-order valence-corrected chi connectivity index (χ3v) is 2.78. The van der Waals surface area contributed by atoms with Crippen molar-refractivity contribution in [2.24, 2.45) is 4.99 Å². The molecule has 0 bridgehead atoms. The number of dihydropyridines is 1. The molecule has 1 unspecified atom stereocenters. The van der Waals surface area contributed by atoms with Crippen molar-refractivity contribution in [3.05, 3.63) is 11.6 Å². The van der Waals surface area contributed by atoms with Gasteiger partial charge in [-0.3, -0.25) is 9.89 Å². The van der Waals surface area contributed by atoms with Crippen LogP contribution >= 0.6 is 0 Å². The van der Waals surface area contributed by atoms with E-state index in [4.69, 9.17) is 0 Å². The molecule has 1 fully saturated rings. The average molecular weight is 164 g/mol. The van der Waals surface area contributed by atoms with Gasteiger partial charge in [-0.15, -0.1) is 0 Å². The fourth-order valence-electron chi connectivity index (χ4n) is 2.08. The summed E-state index contributed by atoms with van der Waals surface area (Å²) in [5.74, 6) is 0. The Hall–Kier alpha value is -0.630. The van der Waals surface area contributed by atoms with E-state index in [2.05, 4.69) is 29.2 Å². The van der Waals surface area contributed by atoms with Crippen LogP contribution in [0.5, 0.6) is 0 Å². The Morgan fingerprint density at radius 1 is 1.58 bits per heavy atom. The molecule has 2 rings (SSSR count). The third-order valence-electron chi connectivity index (χ3n) is 2.78. The number of hydrogen-bond donors (Lipinski definition) is 0. The lowest BCUT2D eigenvalue weighted by atomic mass is 10.0. The summed E-state index contributed by atoms with van der Waals surface area (Å²) in [6.07, 6.45) is 8.20. The van der Waals surface area contributed by atoms with Gasteiger partial charge < -0.3 is 0 Å². The van der Waals surface area contributed by atoms with Crippen molar-refractivity contribution in [2.75, 3.05) is 20.1 Å². The average Bonchev–Trinajstić information content (AvgIpc) is 2.53. The zero-order valence-corrected chi connectivity index (χ0v) is 7.66. The zero-order chi connectivity index (χ0) is 8.39. The lowest BCUT2D eigenvalue weighted by Crippen LogP contribution is -2.28. The van der Waals surface area contributed by atoms with Crippen molar-refractivity contribution < 1.29 is 0 Å². The summed E-state index contributed by atoms with van der Waals surface area (Å²) in [5.41, 5.74) is 1.45. The molecule has 1 atom stereocenters. The van der Waals surface area contributed by atoms with Gasteiger partial charge in [-0.2, -0.15) is 0 Å². The summed E-state index contributed by atoms with van der Waals surface area (Å²) in [5, 5.41) is 0. The Kier molecular flexibility index (Phi) is 2.26. The van der Waals surface area contributed by atoms with Crippen molar-refractivity contribution in [1.82, 2.24) is 4.90 Å². The van der Waals surface area contributed by atoms with Crippen molar-refractivity contribution in [3.63, 3.8) is 0 Å². The topological polar surface area (TPSA) is 15.6 Å². The van der Waals surface area contributed by atoms with Crippen LogP contribution in [0.15, 0.2) is 16.6 Å². The highest BCUT2D eigenvalue weighted by molar-refractivity contribution is 5.81. The van der Waals surface area contributed by atoms with Crippen LogP contribution in [-0.2, 0) is 0 Å². The molecular formula is C10H16N2. The number of hydrogen-bond acceptors (Lipinski definition) is 2. The van der Waals surface area contributed by atoms with Crippen LogP contribution in [0.2, 0.25) is 0 Å². The highest BCUT2D eigenvalue weighted by Crippen LogP contribution is 2.22. The van der Waals surface area contributed by atoms with E-state index in [0.717, 1.165) is 13.0 Å². The third kappa shape index (κ3) is 1.44. The van der Waals surface area contributed by atoms with E-state index in [1.54, 1.807) is 0 Å². The normalized spacial score (nSPS) is 30.8. The molecule has 0 aromatic carbocycles. The number of likely N-dealkylation sites (tertiary alicyclic amines) is 1. The standard InChI is InChI=1S/C10H16N2/c1-12-7-3-5-10(12)9-4-2-6-11-8-9/h4,8,10H,2-3,5-7H2,1H3. The van der Waals surface area contributed by atoms with Crippen LogP contribution in [0.25, 0.3) is 0 Å². The second kappa shape index (κ2) is 3.40. The molecule has 0 amide bonds. The van der Waals surface area contributed by atoms with E-state index in [0.29, 0.717) is 6.04 Å². The minimum atomic E-state index is 0.661. The first kappa shape index (κ1) is 7.99. The second-order valence-corrected chi connectivity index (χ2v) is 3.67. The number of nitrogens with zero attached hydrogens (tertiary/aromatic N) is 2. The Balaban J connectivity index is 2.07. The summed E-state index contributed by atoms with van der Waals surface area (Å²) >= 11 is 0. The van der Waals surface area contributed by atoms with Gasteiger partial charge in [0.25, 0.3) is 0 Å². The van der Waals surface area contributed by atoms with E-state index >= 15 is 0 Å². The van der Waals surface area contributed by atoms with Gasteiger partial charge in [0.1, 0.15) is 0 Å². The van der Waals surface area contributed by atoms with Crippen molar-refractivity contribution in [2.45, 2.75) is 25.3 Å². The van der Waals surface area contributed by atoms with Gasteiger partial charge in [0, 0.05) is 18.8 Å². The molecule has 0 radical (unpaired) electrons. The number of aliphatic imine (C=N–C) groups is 1. The molecule has 1 saturated heterocycles. The van der Waals surface area contributed by atoms with Gasteiger partial charge in [0.2, 0.25) is 0 Å². The van der Waals surface area contributed by atoms with Crippen molar-refractivity contribution in [1.29, 1.82) is 0 Å². The maximum Gasteiger partial charge on any atom is 0.0424 e. The first-order chi connectivity index (χ1) is 5.88. The van der Waals surface area contributed by atoms with Gasteiger partial charge in [-0.1, -0.05) is 6.08 Å². The molecule has 66 valence electrons. The maximum absolute atomic E-state index is 4.32. The first-order valence-electron chi connectivity index (χ1n) is 4.78. The van der Waals surface area contributed by atoms with Crippen LogP contribution < -0.4 is 0 Å². The molecule has 2 heterocycles. The molecule has 0 aromatic heterocycles. The summed E-state index contributed by atoms with van der Waals surface area (Å²) in [6, 6.07) is 0.661. The molecule has 12 heavy (non-hydrogen) atoms. The molecule has 2 aliphatic rings. The zero-order valence-electron chi connectivity index (χ0n) is 7.66. The lowest BCUT2D eigenvalue weighted by molar-refractivity contribution is 0.351. The summed E-state index contributed by atoms with van der Waals surface area (Å²) in [4.78, 5) is 6.75. The SMILES string of the molecule is CN1CCCC1C1=CCCN=C1. The molecule has 0 N–H and O–H groups in total. The molecule has 2 heteroatoms. The molecule has 0 aromatic rings. The van der Waals surface area contributed by atoms with Crippen molar-refractivity contribution in [3.8, 4) is 0 Å². The van der Waals surface area contributed by atoms with Crippen LogP contribution in [0, 0.1) is 0 Å². The van der Waals surface area contributed by atoms with Gasteiger partial charge >= 0.3 is 0 Å². The minimum Gasteiger partial charge on any atom is -0.299 e. The fraction of sp³-hybridized carbons (Fsp3) is 0.700. The number of likely N-dealkylation sites (N-methyl/N-ethyl adjacent to an activating group) is 1. The summed E-state index contributed by atoms with van der Waals surface area (Å²) in [7, 11) is 2.21. The van der Waals surface area contributed by atoms with Gasteiger partial charge in [-0.05, 0) is 38.4 Å². The Morgan fingerprint density at radius 2 is 2.50 bits per heavy atom. The van der Waals surface area contributed by atoms with Crippen LogP contribution in [-0.4, -0.2) is 37.3 Å². The second-order valence-electron chi connectivity index (χ2n) is 3.67. The monoisotopic (exact) mass is 164 g/mol. The van der Waals surface area contributed by atoms with Gasteiger partial charge in [0.15, 0.2) is 0 Å². The Bertz CT molecular complexity index is 218. The van der Waals surface area contributed by atoms with Gasteiger partial charge in [-0.25, -0.2) is 0 Å².